The maximum absolute atomic E-state index is 12.3. The number of rotatable bonds is 7. The van der Waals surface area contributed by atoms with Gasteiger partial charge in [0, 0.05) is 10.0 Å². The van der Waals surface area contributed by atoms with E-state index in [1.54, 1.807) is 54.6 Å². The second-order valence-electron chi connectivity index (χ2n) is 6.17. The first-order valence-electron chi connectivity index (χ1n) is 8.80. The average molecular weight is 452 g/mol. The number of carboxylic acids is 1. The Morgan fingerprint density at radius 3 is 2.45 bits per heavy atom. The molecule has 0 radical (unpaired) electrons. The summed E-state index contributed by atoms with van der Waals surface area (Å²) in [5.74, 6) is -1.12. The first-order chi connectivity index (χ1) is 14.0. The monoisotopic (exact) mass is 451 g/mol. The number of amides is 1. The molecule has 1 amide bonds. The maximum Gasteiger partial charge on any atom is 0.352 e. The van der Waals surface area contributed by atoms with Crippen molar-refractivity contribution in [3.8, 4) is 5.75 Å². The van der Waals surface area contributed by atoms with Gasteiger partial charge in [0.15, 0.2) is 0 Å². The minimum absolute atomic E-state index is 0.219. The van der Waals surface area contributed by atoms with E-state index < -0.39 is 11.9 Å². The summed E-state index contributed by atoms with van der Waals surface area (Å²) < 4.78 is 6.76. The van der Waals surface area contributed by atoms with Gasteiger partial charge in [0.2, 0.25) is 0 Å². The molecule has 0 heterocycles. The molecule has 0 aliphatic rings. The highest BCUT2D eigenvalue weighted by Crippen LogP contribution is 2.18. The van der Waals surface area contributed by atoms with Crippen molar-refractivity contribution in [3.63, 3.8) is 0 Å². The van der Waals surface area contributed by atoms with Gasteiger partial charge in [-0.05, 0) is 53.6 Å². The van der Waals surface area contributed by atoms with Crippen molar-refractivity contribution in [1.29, 1.82) is 0 Å². The minimum atomic E-state index is -1.23. The lowest BCUT2D eigenvalue weighted by molar-refractivity contribution is -0.132. The highest BCUT2D eigenvalue weighted by molar-refractivity contribution is 9.10. The molecule has 29 heavy (non-hydrogen) atoms. The van der Waals surface area contributed by atoms with Crippen LogP contribution in [0.3, 0.4) is 0 Å². The molecule has 6 heteroatoms. The molecule has 3 aromatic carbocycles. The summed E-state index contributed by atoms with van der Waals surface area (Å²) in [6, 6.07) is 23.2. The number of nitrogens with one attached hydrogen (secondary N) is 1. The van der Waals surface area contributed by atoms with E-state index in [0.717, 1.165) is 10.0 Å². The zero-order chi connectivity index (χ0) is 20.6. The number of aliphatic carboxylic acids is 1. The van der Waals surface area contributed by atoms with E-state index >= 15 is 0 Å². The van der Waals surface area contributed by atoms with Crippen LogP contribution in [0.25, 0.3) is 6.08 Å². The molecule has 0 spiro atoms. The zero-order valence-electron chi connectivity index (χ0n) is 15.3. The van der Waals surface area contributed by atoms with Crippen LogP contribution in [0.5, 0.6) is 5.75 Å². The lowest BCUT2D eigenvalue weighted by Crippen LogP contribution is -2.27. The Labute approximate surface area is 176 Å². The van der Waals surface area contributed by atoms with Gasteiger partial charge < -0.3 is 15.2 Å². The van der Waals surface area contributed by atoms with E-state index in [1.165, 1.54) is 6.08 Å². The quantitative estimate of drug-likeness (QED) is 0.501. The van der Waals surface area contributed by atoms with Gasteiger partial charge in [0.25, 0.3) is 5.91 Å². The molecular formula is C23H18BrNO4. The fourth-order valence-electron chi connectivity index (χ4n) is 2.59. The van der Waals surface area contributed by atoms with Crippen LogP contribution in [-0.4, -0.2) is 17.0 Å². The van der Waals surface area contributed by atoms with Crippen LogP contribution in [0.1, 0.15) is 21.5 Å². The van der Waals surface area contributed by atoms with Gasteiger partial charge in [-0.1, -0.05) is 58.4 Å². The second-order valence-corrected chi connectivity index (χ2v) is 7.09. The number of hydrogen-bond donors (Lipinski definition) is 2. The lowest BCUT2D eigenvalue weighted by Gasteiger charge is -2.09. The predicted octanol–water partition coefficient (Wildman–Crippen LogP) is 4.88. The van der Waals surface area contributed by atoms with Crippen LogP contribution in [0.15, 0.2) is 89.0 Å². The van der Waals surface area contributed by atoms with Crippen molar-refractivity contribution in [2.24, 2.45) is 0 Å². The van der Waals surface area contributed by atoms with Gasteiger partial charge in [-0.3, -0.25) is 4.79 Å². The molecule has 2 N–H and O–H groups in total. The third kappa shape index (κ3) is 6.05. The molecule has 0 aliphatic carbocycles. The number of carboxylic acid groups (broad SMARTS) is 1. The third-order valence-electron chi connectivity index (χ3n) is 3.98. The van der Waals surface area contributed by atoms with Crippen molar-refractivity contribution in [1.82, 2.24) is 5.32 Å². The lowest BCUT2D eigenvalue weighted by atomic mass is 10.1. The number of hydrogen-bond acceptors (Lipinski definition) is 3. The number of carbonyl (C=O) groups is 2. The molecule has 0 atom stereocenters. The summed E-state index contributed by atoms with van der Waals surface area (Å²) in [7, 11) is 0. The molecule has 0 aliphatic heterocycles. The van der Waals surface area contributed by atoms with Gasteiger partial charge in [-0.2, -0.15) is 0 Å². The van der Waals surface area contributed by atoms with E-state index in [9.17, 15) is 14.7 Å². The fourth-order valence-corrected chi connectivity index (χ4v) is 3.04. The standard InChI is InChI=1S/C23H18BrNO4/c24-19-10-4-7-17(12-19)15-29-20-11-5-6-16(13-20)14-21(23(27)28)25-22(26)18-8-2-1-3-9-18/h1-14H,15H2,(H,25,26)(H,27,28). The number of ether oxygens (including phenoxy) is 1. The summed E-state index contributed by atoms with van der Waals surface area (Å²) in [5.41, 5.74) is 1.76. The Balaban J connectivity index is 1.73. The Bertz CT molecular complexity index is 1050. The van der Waals surface area contributed by atoms with Gasteiger partial charge in [-0.25, -0.2) is 4.79 Å². The molecule has 0 saturated heterocycles. The summed E-state index contributed by atoms with van der Waals surface area (Å²) in [6.45, 7) is 0.378. The van der Waals surface area contributed by atoms with Crippen molar-refractivity contribution in [2.75, 3.05) is 0 Å². The first-order valence-corrected chi connectivity index (χ1v) is 9.59. The summed E-state index contributed by atoms with van der Waals surface area (Å²) in [4.78, 5) is 23.8. The highest BCUT2D eigenvalue weighted by atomic mass is 79.9. The summed E-state index contributed by atoms with van der Waals surface area (Å²) in [6.07, 6.45) is 1.40. The van der Waals surface area contributed by atoms with Crippen LogP contribution in [0, 0.1) is 0 Å². The average Bonchev–Trinajstić information content (AvgIpc) is 2.72. The molecule has 0 unspecified atom stereocenters. The molecular weight excluding hydrogens is 434 g/mol. The van der Waals surface area contributed by atoms with E-state index in [2.05, 4.69) is 21.2 Å². The Morgan fingerprint density at radius 2 is 1.72 bits per heavy atom. The smallest absolute Gasteiger partial charge is 0.352 e. The molecule has 0 aromatic heterocycles. The Morgan fingerprint density at radius 1 is 0.966 bits per heavy atom. The van der Waals surface area contributed by atoms with Gasteiger partial charge in [0.05, 0.1) is 0 Å². The van der Waals surface area contributed by atoms with Gasteiger partial charge >= 0.3 is 5.97 Å². The van der Waals surface area contributed by atoms with Crippen LogP contribution >= 0.6 is 15.9 Å². The van der Waals surface area contributed by atoms with Crippen LogP contribution in [-0.2, 0) is 11.4 Å². The molecule has 5 nitrogen and oxygen atoms in total. The number of halogens is 1. The Hall–Kier alpha value is -3.38. The molecule has 3 aromatic rings. The van der Waals surface area contributed by atoms with E-state index in [1.807, 2.05) is 24.3 Å². The van der Waals surface area contributed by atoms with Gasteiger partial charge in [0.1, 0.15) is 18.1 Å². The first kappa shape index (κ1) is 20.4. The fraction of sp³-hybridized carbons (Fsp3) is 0.0435. The molecule has 0 bridgehead atoms. The Kier molecular flexibility index (Phi) is 6.81. The van der Waals surface area contributed by atoms with Crippen molar-refractivity contribution < 1.29 is 19.4 Å². The minimum Gasteiger partial charge on any atom is -0.489 e. The van der Waals surface area contributed by atoms with Crippen molar-refractivity contribution >= 4 is 33.9 Å². The normalized spacial score (nSPS) is 11.0. The van der Waals surface area contributed by atoms with E-state index in [4.69, 9.17) is 4.74 Å². The summed E-state index contributed by atoms with van der Waals surface area (Å²) in [5, 5.41) is 11.9. The number of benzene rings is 3. The van der Waals surface area contributed by atoms with Gasteiger partial charge in [-0.15, -0.1) is 0 Å². The molecule has 0 saturated carbocycles. The predicted molar refractivity (Wildman–Crippen MR) is 114 cm³/mol. The molecule has 0 fully saturated rings. The van der Waals surface area contributed by atoms with Crippen LogP contribution in [0.4, 0.5) is 0 Å². The number of carbonyl (C=O) groups excluding carboxylic acids is 1. The largest absolute Gasteiger partial charge is 0.489 e. The zero-order valence-corrected chi connectivity index (χ0v) is 16.9. The van der Waals surface area contributed by atoms with Crippen molar-refractivity contribution in [3.05, 3.63) is 106 Å². The third-order valence-corrected chi connectivity index (χ3v) is 4.47. The second kappa shape index (κ2) is 9.71. The van der Waals surface area contributed by atoms with Crippen molar-refractivity contribution in [2.45, 2.75) is 6.61 Å². The molecule has 146 valence electrons. The van der Waals surface area contributed by atoms with Crippen LogP contribution in [0.2, 0.25) is 0 Å². The molecule has 3 rings (SSSR count). The summed E-state index contributed by atoms with van der Waals surface area (Å²) >= 11 is 3.42. The maximum atomic E-state index is 12.3. The topological polar surface area (TPSA) is 75.6 Å². The van der Waals surface area contributed by atoms with E-state index in [-0.39, 0.29) is 5.70 Å². The highest BCUT2D eigenvalue weighted by Gasteiger charge is 2.13. The van der Waals surface area contributed by atoms with Crippen LogP contribution < -0.4 is 10.1 Å². The SMILES string of the molecule is O=C(O)C(=Cc1cccc(OCc2cccc(Br)c2)c1)NC(=O)c1ccccc1. The van der Waals surface area contributed by atoms with E-state index in [0.29, 0.717) is 23.5 Å².